The van der Waals surface area contributed by atoms with E-state index in [9.17, 15) is 13.2 Å². The van der Waals surface area contributed by atoms with Gasteiger partial charge in [0.05, 0.1) is 28.0 Å². The van der Waals surface area contributed by atoms with Crippen molar-refractivity contribution in [1.29, 1.82) is 0 Å². The van der Waals surface area contributed by atoms with Crippen molar-refractivity contribution in [3.05, 3.63) is 101 Å². The van der Waals surface area contributed by atoms with Crippen LogP contribution in [0.5, 0.6) is 0 Å². The minimum atomic E-state index is -3.72. The molecule has 0 spiro atoms. The van der Waals surface area contributed by atoms with E-state index < -0.39 is 10.0 Å². The van der Waals surface area contributed by atoms with Crippen molar-refractivity contribution in [3.63, 3.8) is 0 Å². The molecule has 0 atom stereocenters. The van der Waals surface area contributed by atoms with Crippen LogP contribution < -0.4 is 10.0 Å². The summed E-state index contributed by atoms with van der Waals surface area (Å²) >= 11 is 3.38. The van der Waals surface area contributed by atoms with Gasteiger partial charge in [0.15, 0.2) is 0 Å². The molecule has 1 amide bonds. The summed E-state index contributed by atoms with van der Waals surface area (Å²) in [6.45, 7) is 0. The summed E-state index contributed by atoms with van der Waals surface area (Å²) in [5.41, 5.74) is 1.99. The van der Waals surface area contributed by atoms with Crippen LogP contribution in [0, 0.1) is 0 Å². The molecule has 0 aliphatic carbocycles. The van der Waals surface area contributed by atoms with Gasteiger partial charge in [-0.05, 0) is 54.6 Å². The number of sulfonamides is 1. The van der Waals surface area contributed by atoms with Gasteiger partial charge in [-0.15, -0.1) is 0 Å². The van der Waals surface area contributed by atoms with Crippen LogP contribution in [-0.2, 0) is 10.0 Å². The first kappa shape index (κ1) is 20.8. The van der Waals surface area contributed by atoms with E-state index >= 15 is 0 Å². The van der Waals surface area contributed by atoms with Crippen LogP contribution in [0.25, 0.3) is 5.69 Å². The molecule has 1 aromatic heterocycles. The maximum Gasteiger partial charge on any atom is 0.261 e. The van der Waals surface area contributed by atoms with Gasteiger partial charge >= 0.3 is 0 Å². The Morgan fingerprint density at radius 3 is 2.35 bits per heavy atom. The third-order valence-corrected chi connectivity index (χ3v) is 6.29. The monoisotopic (exact) mass is 496 g/mol. The van der Waals surface area contributed by atoms with Crippen LogP contribution in [0.4, 0.5) is 11.4 Å². The number of nitrogens with one attached hydrogen (secondary N) is 2. The van der Waals surface area contributed by atoms with Crippen molar-refractivity contribution < 1.29 is 13.2 Å². The Kier molecular flexibility index (Phi) is 5.88. The van der Waals surface area contributed by atoms with Gasteiger partial charge in [0.25, 0.3) is 15.9 Å². The second kappa shape index (κ2) is 8.75. The molecule has 4 aromatic rings. The minimum Gasteiger partial charge on any atom is -0.322 e. The summed E-state index contributed by atoms with van der Waals surface area (Å²) in [6, 6.07) is 22.1. The smallest absolute Gasteiger partial charge is 0.261 e. The van der Waals surface area contributed by atoms with Gasteiger partial charge in [0.1, 0.15) is 0 Å². The topological polar surface area (TPSA) is 93.1 Å². The second-order valence-electron chi connectivity index (χ2n) is 6.60. The largest absolute Gasteiger partial charge is 0.322 e. The Bertz CT molecular complexity index is 1320. The molecule has 0 fully saturated rings. The van der Waals surface area contributed by atoms with Gasteiger partial charge in [-0.2, -0.15) is 5.10 Å². The van der Waals surface area contributed by atoms with Crippen molar-refractivity contribution in [1.82, 2.24) is 9.78 Å². The van der Waals surface area contributed by atoms with Gasteiger partial charge in [-0.25, -0.2) is 13.1 Å². The zero-order chi connectivity index (χ0) is 21.8. The summed E-state index contributed by atoms with van der Waals surface area (Å²) in [5, 5.41) is 6.99. The van der Waals surface area contributed by atoms with E-state index in [2.05, 4.69) is 31.1 Å². The van der Waals surface area contributed by atoms with E-state index in [1.807, 2.05) is 24.3 Å². The van der Waals surface area contributed by atoms with Crippen molar-refractivity contribution in [2.45, 2.75) is 4.90 Å². The molecular weight excluding hydrogens is 480 g/mol. The van der Waals surface area contributed by atoms with E-state index in [0.717, 1.165) is 10.2 Å². The minimum absolute atomic E-state index is 0.157. The lowest BCUT2D eigenvalue weighted by molar-refractivity contribution is 0.102. The average molecular weight is 497 g/mol. The number of benzene rings is 3. The van der Waals surface area contributed by atoms with Gasteiger partial charge in [-0.3, -0.25) is 9.52 Å². The van der Waals surface area contributed by atoms with Gasteiger partial charge in [0.2, 0.25) is 0 Å². The molecule has 2 N–H and O–H groups in total. The first-order valence-corrected chi connectivity index (χ1v) is 11.5. The van der Waals surface area contributed by atoms with Crippen molar-refractivity contribution in [2.75, 3.05) is 10.0 Å². The number of nitrogens with zero attached hydrogens (tertiary/aromatic N) is 2. The van der Waals surface area contributed by atoms with Gasteiger partial charge in [-0.1, -0.05) is 40.2 Å². The predicted octanol–water partition coefficient (Wildman–Crippen LogP) is 4.69. The molecule has 0 radical (unpaired) electrons. The average Bonchev–Trinajstić information content (AvgIpc) is 3.25. The molecule has 0 aliphatic rings. The lowest BCUT2D eigenvalue weighted by atomic mass is 10.2. The number of anilines is 2. The molecule has 0 unspecified atom stereocenters. The highest BCUT2D eigenvalue weighted by atomic mass is 79.9. The molecule has 0 aliphatic heterocycles. The zero-order valence-electron chi connectivity index (χ0n) is 16.1. The van der Waals surface area contributed by atoms with E-state index in [1.165, 1.54) is 18.3 Å². The highest BCUT2D eigenvalue weighted by Crippen LogP contribution is 2.20. The van der Waals surface area contributed by atoms with Crippen LogP contribution in [0.2, 0.25) is 0 Å². The third-order valence-electron chi connectivity index (χ3n) is 4.36. The van der Waals surface area contributed by atoms with E-state index in [4.69, 9.17) is 0 Å². The number of carbonyl (C=O) groups excluding carboxylic acids is 1. The fourth-order valence-corrected chi connectivity index (χ4v) is 4.19. The lowest BCUT2D eigenvalue weighted by Gasteiger charge is -2.10. The van der Waals surface area contributed by atoms with Crippen LogP contribution in [-0.4, -0.2) is 24.1 Å². The fourth-order valence-electron chi connectivity index (χ4n) is 2.85. The molecule has 0 saturated carbocycles. The van der Waals surface area contributed by atoms with Crippen LogP contribution in [0.1, 0.15) is 10.4 Å². The number of aromatic nitrogens is 2. The van der Waals surface area contributed by atoms with E-state index in [0.29, 0.717) is 16.9 Å². The number of amides is 1. The summed E-state index contributed by atoms with van der Waals surface area (Å²) in [5.74, 6) is -0.355. The number of rotatable bonds is 6. The molecule has 1 heterocycles. The Morgan fingerprint density at radius 2 is 1.61 bits per heavy atom. The van der Waals surface area contributed by atoms with Crippen molar-refractivity contribution in [3.8, 4) is 5.69 Å². The van der Waals surface area contributed by atoms with Crippen molar-refractivity contribution >= 4 is 43.2 Å². The van der Waals surface area contributed by atoms with Crippen LogP contribution in [0.3, 0.4) is 0 Å². The number of carbonyl (C=O) groups is 1. The lowest BCUT2D eigenvalue weighted by Crippen LogP contribution is -2.14. The zero-order valence-corrected chi connectivity index (χ0v) is 18.5. The van der Waals surface area contributed by atoms with Gasteiger partial charge in [0, 0.05) is 16.4 Å². The highest BCUT2D eigenvalue weighted by molar-refractivity contribution is 9.10. The summed E-state index contributed by atoms with van der Waals surface area (Å²) < 4.78 is 30.1. The maximum atomic E-state index is 12.6. The first-order valence-electron chi connectivity index (χ1n) is 9.21. The highest BCUT2D eigenvalue weighted by Gasteiger charge is 2.14. The molecule has 9 heteroatoms. The summed E-state index contributed by atoms with van der Waals surface area (Å²) in [4.78, 5) is 12.8. The predicted molar refractivity (Wildman–Crippen MR) is 123 cm³/mol. The van der Waals surface area contributed by atoms with Crippen LogP contribution in [0.15, 0.2) is 101 Å². The first-order chi connectivity index (χ1) is 14.9. The molecule has 0 bridgehead atoms. The Morgan fingerprint density at radius 1 is 0.903 bits per heavy atom. The molecule has 156 valence electrons. The normalized spacial score (nSPS) is 11.1. The second-order valence-corrected chi connectivity index (χ2v) is 9.20. The Hall–Kier alpha value is -3.43. The number of hydrogen-bond donors (Lipinski definition) is 2. The molecular formula is C22H17BrN4O3S. The van der Waals surface area contributed by atoms with Crippen molar-refractivity contribution in [2.24, 2.45) is 0 Å². The van der Waals surface area contributed by atoms with Crippen LogP contribution >= 0.6 is 15.9 Å². The molecule has 0 saturated heterocycles. The maximum absolute atomic E-state index is 12.6. The molecule has 3 aromatic carbocycles. The Balaban J connectivity index is 1.48. The van der Waals surface area contributed by atoms with E-state index in [1.54, 1.807) is 53.3 Å². The quantitative estimate of drug-likeness (QED) is 0.404. The standard InChI is InChI=1S/C22H17BrN4O3S/c23-17-9-11-20(12-10-17)27-15-16(14-24-27)22(28)25-18-5-4-6-19(13-18)26-31(29,30)21-7-2-1-3-8-21/h1-15,26H,(H,25,28). The van der Waals surface area contributed by atoms with Gasteiger partial charge < -0.3 is 5.32 Å². The Labute approximate surface area is 187 Å². The number of halogens is 1. The summed E-state index contributed by atoms with van der Waals surface area (Å²) in [7, 11) is -3.72. The number of hydrogen-bond acceptors (Lipinski definition) is 4. The third kappa shape index (κ3) is 5.01. The fraction of sp³-hybridized carbons (Fsp3) is 0. The SMILES string of the molecule is O=C(Nc1cccc(NS(=O)(=O)c2ccccc2)c1)c1cnn(-c2ccc(Br)cc2)c1. The molecule has 31 heavy (non-hydrogen) atoms. The van der Waals surface area contributed by atoms with E-state index in [-0.39, 0.29) is 10.8 Å². The summed E-state index contributed by atoms with van der Waals surface area (Å²) in [6.07, 6.45) is 3.10. The molecule has 7 nitrogen and oxygen atoms in total. The molecule has 4 rings (SSSR count).